The lowest BCUT2D eigenvalue weighted by atomic mass is 9.81. The fourth-order valence-electron chi connectivity index (χ4n) is 9.96. The third-order valence-corrected chi connectivity index (χ3v) is 15.5. The number of carbonyl (C=O) groups is 6. The highest BCUT2D eigenvalue weighted by atomic mass is 16.6. The number of carbonyl (C=O) groups excluding carboxylic acids is 6. The molecule has 0 heterocycles. The van der Waals surface area contributed by atoms with Gasteiger partial charge in [0.15, 0.2) is 11.6 Å². The first kappa shape index (κ1) is 83.5. The summed E-state index contributed by atoms with van der Waals surface area (Å²) in [6.07, 6.45) is 79.4. The summed E-state index contributed by atoms with van der Waals surface area (Å²) >= 11 is 0. The number of allylic oxidation sites excluding steroid dienone is 24. The van der Waals surface area contributed by atoms with Gasteiger partial charge in [0.25, 0.3) is 0 Å². The van der Waals surface area contributed by atoms with Crippen molar-refractivity contribution in [3.63, 3.8) is 0 Å². The number of unbranched alkanes of at least 4 members (excludes halogenated alkanes) is 18. The maximum Gasteiger partial charge on any atom is 0.356 e. The van der Waals surface area contributed by atoms with E-state index in [9.17, 15) is 49.2 Å². The molecule has 0 bridgehead atoms. The molecular weight excluding hydrogens is 1110 g/mol. The number of aliphatic hydroxyl groups is 4. The number of ketones is 4. The molecule has 0 spiro atoms. The Hall–Kier alpha value is -5.46. The molecule has 0 aromatic carbocycles. The van der Waals surface area contributed by atoms with Gasteiger partial charge in [-0.25, -0.2) is 9.59 Å². The molecule has 500 valence electrons. The Kier molecular flexibility index (Phi) is 56.4. The summed E-state index contributed by atoms with van der Waals surface area (Å²) < 4.78 is 4.89. The predicted octanol–water partition coefficient (Wildman–Crippen LogP) is 18.6. The molecule has 0 fully saturated rings. The molecule has 0 aromatic heterocycles. The molecule has 0 aliphatic heterocycles. The Morgan fingerprint density at radius 3 is 0.764 bits per heavy atom. The van der Waals surface area contributed by atoms with Crippen molar-refractivity contribution in [2.75, 3.05) is 13.2 Å². The standard InChI is InChI=1S/C78H122O11/c1-5-9-13-17-21-25-29-33-37-41-45-49-53-57-61-65-71(81)69(63-59-55-51-47-43-39-35-31-27-23-19-15-11-7-3)73(83)77(87,67-79)75(85)89-76(86)78(88,68-80)74(84)70(64-60-56-52-48-44-40-36-32-28-24-20-16-12-8-4)72(82)66-62-58-54-50-46-42-38-34-30-26-22-18-14-10-6-2/h9-16,21-28,33-40,69-70,79-80,87-88H,5-8,17-20,29-32,41-68H2,1-4H3/b13-9-,14-10-,15-11-,16-12-,25-21-,26-22-,27-23-,28-24-,37-33-,38-34-,39-35-,40-36-. The van der Waals surface area contributed by atoms with Crippen LogP contribution in [0.4, 0.5) is 0 Å². The molecule has 0 aromatic rings. The first-order valence-corrected chi connectivity index (χ1v) is 34.7. The molecule has 0 saturated carbocycles. The molecule has 0 rings (SSSR count). The maximum absolute atomic E-state index is 14.3. The van der Waals surface area contributed by atoms with Gasteiger partial charge in [-0.3, -0.25) is 19.2 Å². The summed E-state index contributed by atoms with van der Waals surface area (Å²) in [5.41, 5.74) is -6.86. The monoisotopic (exact) mass is 1230 g/mol. The molecular formula is C78H122O11. The molecule has 4 atom stereocenters. The average molecular weight is 1240 g/mol. The van der Waals surface area contributed by atoms with Crippen LogP contribution in [0.3, 0.4) is 0 Å². The fraction of sp³-hybridized carbons (Fsp3) is 0.615. The Morgan fingerprint density at radius 2 is 0.517 bits per heavy atom. The Balaban J connectivity index is 6.13. The van der Waals surface area contributed by atoms with Crippen LogP contribution in [-0.2, 0) is 33.5 Å². The summed E-state index contributed by atoms with van der Waals surface area (Å²) in [6.45, 7) is 5.30. The maximum atomic E-state index is 14.3. The minimum absolute atomic E-state index is 0.0197. The van der Waals surface area contributed by atoms with E-state index in [4.69, 9.17) is 4.74 Å². The molecule has 4 unspecified atom stereocenters. The van der Waals surface area contributed by atoms with E-state index in [2.05, 4.69) is 174 Å². The molecule has 0 amide bonds. The Bertz CT molecular complexity index is 2080. The summed E-state index contributed by atoms with van der Waals surface area (Å²) in [7, 11) is 0. The van der Waals surface area contributed by atoms with Gasteiger partial charge in [-0.15, -0.1) is 0 Å². The summed E-state index contributed by atoms with van der Waals surface area (Å²) in [6, 6.07) is 0. The van der Waals surface area contributed by atoms with Crippen LogP contribution in [0.1, 0.15) is 272 Å². The van der Waals surface area contributed by atoms with Gasteiger partial charge in [0.2, 0.25) is 11.2 Å². The van der Waals surface area contributed by atoms with Crippen molar-refractivity contribution in [3.8, 4) is 0 Å². The molecule has 0 aliphatic carbocycles. The smallest absolute Gasteiger partial charge is 0.356 e. The minimum atomic E-state index is -3.43. The predicted molar refractivity (Wildman–Crippen MR) is 370 cm³/mol. The normalized spacial score (nSPS) is 14.8. The lowest BCUT2D eigenvalue weighted by Crippen LogP contribution is -2.59. The van der Waals surface area contributed by atoms with Gasteiger partial charge in [-0.2, -0.15) is 0 Å². The second-order valence-corrected chi connectivity index (χ2v) is 23.3. The molecule has 11 nitrogen and oxygen atoms in total. The number of esters is 2. The summed E-state index contributed by atoms with van der Waals surface area (Å²) in [5.74, 6) is -10.8. The van der Waals surface area contributed by atoms with Crippen molar-refractivity contribution in [1.29, 1.82) is 0 Å². The van der Waals surface area contributed by atoms with E-state index >= 15 is 0 Å². The zero-order valence-corrected chi connectivity index (χ0v) is 55.9. The molecule has 4 N–H and O–H groups in total. The van der Waals surface area contributed by atoms with Crippen LogP contribution in [0.15, 0.2) is 146 Å². The van der Waals surface area contributed by atoms with Gasteiger partial charge in [0.05, 0.1) is 25.0 Å². The van der Waals surface area contributed by atoms with E-state index in [1.165, 1.54) is 0 Å². The van der Waals surface area contributed by atoms with Crippen LogP contribution in [0.2, 0.25) is 0 Å². The van der Waals surface area contributed by atoms with E-state index in [1.54, 1.807) is 0 Å². The summed E-state index contributed by atoms with van der Waals surface area (Å²) in [5, 5.41) is 44.4. The van der Waals surface area contributed by atoms with E-state index in [-0.39, 0.29) is 25.7 Å². The van der Waals surface area contributed by atoms with Gasteiger partial charge in [0.1, 0.15) is 11.6 Å². The number of hydrogen-bond donors (Lipinski definition) is 4. The molecule has 0 saturated heterocycles. The van der Waals surface area contributed by atoms with Crippen molar-refractivity contribution in [2.24, 2.45) is 11.8 Å². The third-order valence-electron chi connectivity index (χ3n) is 15.5. The van der Waals surface area contributed by atoms with E-state index in [1.807, 2.05) is 0 Å². The van der Waals surface area contributed by atoms with E-state index < -0.39 is 71.3 Å². The van der Waals surface area contributed by atoms with E-state index in [0.29, 0.717) is 51.4 Å². The average Bonchev–Trinajstić information content (AvgIpc) is 1.06. The SMILES string of the molecule is CC/C=C\C/C=C\C/C=C\CCCCCCCC(=O)C(CCCCCC/C=C\C/C=C\C/C=C\CC)C(=O)C(O)(CO)C(=O)OC(=O)C(O)(CO)C(=O)C(CCCCCC/C=C\C/C=C\C/C=C\CC)C(=O)CCCCCCC/C=C\C/C=C\C/C=C\CC. The van der Waals surface area contributed by atoms with Crippen LogP contribution < -0.4 is 0 Å². The van der Waals surface area contributed by atoms with Crippen molar-refractivity contribution in [1.82, 2.24) is 0 Å². The van der Waals surface area contributed by atoms with E-state index in [0.717, 1.165) is 167 Å². The lowest BCUT2D eigenvalue weighted by molar-refractivity contribution is -0.192. The Labute approximate surface area is 540 Å². The number of rotatable bonds is 60. The fourth-order valence-corrected chi connectivity index (χ4v) is 9.96. The number of hydrogen-bond acceptors (Lipinski definition) is 11. The van der Waals surface area contributed by atoms with Gasteiger partial charge in [-0.05, 0) is 154 Å². The lowest BCUT2D eigenvalue weighted by Gasteiger charge is -2.29. The van der Waals surface area contributed by atoms with Crippen LogP contribution in [0.25, 0.3) is 0 Å². The first-order valence-electron chi connectivity index (χ1n) is 34.7. The van der Waals surface area contributed by atoms with Gasteiger partial charge in [-0.1, -0.05) is 251 Å². The topological polar surface area (TPSA) is 193 Å². The van der Waals surface area contributed by atoms with Crippen LogP contribution in [0.5, 0.6) is 0 Å². The number of aliphatic hydroxyl groups excluding tert-OH is 2. The second-order valence-electron chi connectivity index (χ2n) is 23.3. The minimum Gasteiger partial charge on any atom is -0.392 e. The molecule has 11 heteroatoms. The second kappa shape index (κ2) is 60.1. The molecule has 89 heavy (non-hydrogen) atoms. The highest BCUT2D eigenvalue weighted by Gasteiger charge is 2.55. The van der Waals surface area contributed by atoms with Gasteiger partial charge >= 0.3 is 11.9 Å². The molecule has 0 radical (unpaired) electrons. The Morgan fingerprint density at radius 1 is 0.303 bits per heavy atom. The van der Waals surface area contributed by atoms with Crippen molar-refractivity contribution < 1.29 is 53.9 Å². The quantitative estimate of drug-likeness (QED) is 0.0196. The number of ether oxygens (including phenoxy) is 1. The van der Waals surface area contributed by atoms with Crippen molar-refractivity contribution in [3.05, 3.63) is 146 Å². The number of Topliss-reactive ketones (excluding diaryl/α,β-unsaturated/α-hetero) is 4. The van der Waals surface area contributed by atoms with Crippen molar-refractivity contribution >= 4 is 35.1 Å². The van der Waals surface area contributed by atoms with Gasteiger partial charge in [0, 0.05) is 12.8 Å². The van der Waals surface area contributed by atoms with Crippen LogP contribution >= 0.6 is 0 Å². The zero-order chi connectivity index (χ0) is 65.6. The van der Waals surface area contributed by atoms with Crippen LogP contribution in [0, 0.1) is 11.8 Å². The largest absolute Gasteiger partial charge is 0.392 e. The third kappa shape index (κ3) is 43.8. The first-order chi connectivity index (χ1) is 43.4. The highest BCUT2D eigenvalue weighted by molar-refractivity contribution is 6.20. The zero-order valence-electron chi connectivity index (χ0n) is 55.9. The highest BCUT2D eigenvalue weighted by Crippen LogP contribution is 2.28. The molecule has 0 aliphatic rings. The van der Waals surface area contributed by atoms with Crippen molar-refractivity contribution in [2.45, 2.75) is 283 Å². The van der Waals surface area contributed by atoms with Crippen LogP contribution in [-0.4, -0.2) is 79.9 Å². The van der Waals surface area contributed by atoms with Gasteiger partial charge < -0.3 is 25.2 Å². The summed E-state index contributed by atoms with van der Waals surface area (Å²) in [4.78, 5) is 84.3.